The molecule has 0 saturated carbocycles. The fourth-order valence-electron chi connectivity index (χ4n) is 5.82. The molecule has 2 nitrogen and oxygen atoms in total. The predicted molar refractivity (Wildman–Crippen MR) is 168 cm³/mol. The first-order valence-corrected chi connectivity index (χ1v) is 13.7. The number of hydrogen-bond donors (Lipinski definition) is 0. The number of pyridine rings is 2. The van der Waals surface area contributed by atoms with Gasteiger partial charge >= 0.3 is 0 Å². The number of aromatic nitrogens is 2. The molecule has 0 radical (unpaired) electrons. The van der Waals surface area contributed by atoms with Crippen molar-refractivity contribution < 1.29 is 0 Å². The molecule has 0 unspecified atom stereocenters. The lowest BCUT2D eigenvalue weighted by atomic mass is 9.88. The van der Waals surface area contributed by atoms with Gasteiger partial charge in [-0.05, 0) is 82.6 Å². The molecule has 0 fully saturated rings. The topological polar surface area (TPSA) is 25.8 Å². The highest BCUT2D eigenvalue weighted by atomic mass is 14.7. The Morgan fingerprint density at radius 3 is 1.85 bits per heavy atom. The fraction of sp³-hybridized carbons (Fsp3) is 0.0526. The summed E-state index contributed by atoms with van der Waals surface area (Å²) < 4.78 is 0. The Labute approximate surface area is 234 Å². The number of nitrogens with zero attached hydrogens (tertiary/aromatic N) is 2. The standard InChI is InChI=1S/C38H28N2/c1-25-31(27-11-4-3-5-12-27)16-9-18-33(25)34-19-10-17-32(26(34)2)28-13-8-14-29(23-28)36-22-21-30-24-39-37-20-7-6-15-35(37)38(30)40-36/h3-24H,1-2H3. The van der Waals surface area contributed by atoms with E-state index in [9.17, 15) is 0 Å². The van der Waals surface area contributed by atoms with E-state index in [1.165, 1.54) is 44.5 Å². The lowest BCUT2D eigenvalue weighted by Crippen LogP contribution is -1.93. The Morgan fingerprint density at radius 2 is 1.07 bits per heavy atom. The van der Waals surface area contributed by atoms with Crippen LogP contribution in [-0.4, -0.2) is 9.97 Å². The summed E-state index contributed by atoms with van der Waals surface area (Å²) in [5.41, 5.74) is 14.1. The van der Waals surface area contributed by atoms with Crippen LogP contribution in [0.2, 0.25) is 0 Å². The molecule has 2 heterocycles. The van der Waals surface area contributed by atoms with Crippen molar-refractivity contribution in [3.05, 3.63) is 145 Å². The molecule has 0 spiro atoms. The molecule has 0 aliphatic rings. The summed E-state index contributed by atoms with van der Waals surface area (Å²) in [6.07, 6.45) is 1.91. The molecule has 0 aliphatic carbocycles. The van der Waals surface area contributed by atoms with Gasteiger partial charge in [-0.2, -0.15) is 0 Å². The zero-order chi connectivity index (χ0) is 27.1. The maximum Gasteiger partial charge on any atom is 0.0818 e. The summed E-state index contributed by atoms with van der Waals surface area (Å²) in [5.74, 6) is 0. The molecule has 0 atom stereocenters. The third-order valence-electron chi connectivity index (χ3n) is 7.94. The van der Waals surface area contributed by atoms with Crippen molar-refractivity contribution in [2.24, 2.45) is 0 Å². The predicted octanol–water partition coefficient (Wildman–Crippen LogP) is 10.1. The van der Waals surface area contributed by atoms with E-state index in [1.54, 1.807) is 0 Å². The summed E-state index contributed by atoms with van der Waals surface area (Å²) in [6.45, 7) is 4.47. The Hall–Kier alpha value is -5.08. The van der Waals surface area contributed by atoms with Crippen molar-refractivity contribution in [1.82, 2.24) is 9.97 Å². The van der Waals surface area contributed by atoms with Gasteiger partial charge in [0.1, 0.15) is 0 Å². The molecule has 2 heteroatoms. The van der Waals surface area contributed by atoms with Crippen LogP contribution in [0.3, 0.4) is 0 Å². The molecule has 0 aliphatic heterocycles. The van der Waals surface area contributed by atoms with E-state index >= 15 is 0 Å². The zero-order valence-electron chi connectivity index (χ0n) is 22.6. The van der Waals surface area contributed by atoms with Gasteiger partial charge in [-0.25, -0.2) is 4.98 Å². The summed E-state index contributed by atoms with van der Waals surface area (Å²) in [4.78, 5) is 9.70. The Kier molecular flexibility index (Phi) is 5.94. The number of benzene rings is 5. The molecule has 2 aromatic heterocycles. The first kappa shape index (κ1) is 24.0. The number of fused-ring (bicyclic) bond motifs is 3. The summed E-state index contributed by atoms with van der Waals surface area (Å²) in [7, 11) is 0. The van der Waals surface area contributed by atoms with Crippen LogP contribution in [0, 0.1) is 13.8 Å². The van der Waals surface area contributed by atoms with Gasteiger partial charge in [0.05, 0.1) is 16.7 Å². The van der Waals surface area contributed by atoms with Crippen molar-refractivity contribution in [2.75, 3.05) is 0 Å². The van der Waals surface area contributed by atoms with Crippen molar-refractivity contribution in [1.29, 1.82) is 0 Å². The first-order valence-electron chi connectivity index (χ1n) is 13.7. The molecule has 7 rings (SSSR count). The SMILES string of the molecule is Cc1c(-c2ccccc2)cccc1-c1cccc(-c2cccc(-c3ccc4cnc5ccccc5c4n3)c2)c1C. The zero-order valence-corrected chi connectivity index (χ0v) is 22.6. The van der Waals surface area contributed by atoms with Crippen LogP contribution in [0.1, 0.15) is 11.1 Å². The minimum atomic E-state index is 0.964. The summed E-state index contributed by atoms with van der Waals surface area (Å²) >= 11 is 0. The van der Waals surface area contributed by atoms with E-state index in [2.05, 4.69) is 128 Å². The Morgan fingerprint density at radius 1 is 0.475 bits per heavy atom. The normalized spacial score (nSPS) is 11.2. The lowest BCUT2D eigenvalue weighted by molar-refractivity contribution is 1.37. The molecule has 0 bridgehead atoms. The van der Waals surface area contributed by atoms with Crippen LogP contribution in [0.5, 0.6) is 0 Å². The van der Waals surface area contributed by atoms with E-state index < -0.39 is 0 Å². The molecule has 7 aromatic rings. The highest BCUT2D eigenvalue weighted by molar-refractivity contribution is 6.03. The molecular weight excluding hydrogens is 484 g/mol. The first-order chi connectivity index (χ1) is 19.7. The molecule has 40 heavy (non-hydrogen) atoms. The Bertz CT molecular complexity index is 2020. The van der Waals surface area contributed by atoms with Crippen LogP contribution in [-0.2, 0) is 0 Å². The van der Waals surface area contributed by atoms with E-state index in [4.69, 9.17) is 4.98 Å². The van der Waals surface area contributed by atoms with Crippen LogP contribution in [0.4, 0.5) is 0 Å². The van der Waals surface area contributed by atoms with Gasteiger partial charge in [0.2, 0.25) is 0 Å². The monoisotopic (exact) mass is 512 g/mol. The average molecular weight is 513 g/mol. The van der Waals surface area contributed by atoms with Gasteiger partial charge in [0.15, 0.2) is 0 Å². The molecule has 0 amide bonds. The fourth-order valence-corrected chi connectivity index (χ4v) is 5.82. The van der Waals surface area contributed by atoms with Crippen molar-refractivity contribution in [2.45, 2.75) is 13.8 Å². The third kappa shape index (κ3) is 4.15. The van der Waals surface area contributed by atoms with Crippen LogP contribution in [0.15, 0.2) is 134 Å². The second kappa shape index (κ2) is 9.91. The van der Waals surface area contributed by atoms with Gasteiger partial charge < -0.3 is 0 Å². The summed E-state index contributed by atoms with van der Waals surface area (Å²) in [5, 5.41) is 2.13. The van der Waals surface area contributed by atoms with Gasteiger partial charge in [-0.3, -0.25) is 4.98 Å². The Balaban J connectivity index is 1.32. The van der Waals surface area contributed by atoms with Crippen LogP contribution < -0.4 is 0 Å². The van der Waals surface area contributed by atoms with Gasteiger partial charge in [-0.1, -0.05) is 103 Å². The number of rotatable bonds is 4. The van der Waals surface area contributed by atoms with E-state index in [-0.39, 0.29) is 0 Å². The molecule has 0 saturated heterocycles. The average Bonchev–Trinajstić information content (AvgIpc) is 3.02. The van der Waals surface area contributed by atoms with Crippen LogP contribution >= 0.6 is 0 Å². The summed E-state index contributed by atoms with van der Waals surface area (Å²) in [6, 6.07) is 45.1. The van der Waals surface area contributed by atoms with Crippen LogP contribution in [0.25, 0.3) is 66.4 Å². The number of hydrogen-bond acceptors (Lipinski definition) is 2. The molecule has 190 valence electrons. The molecule has 0 N–H and O–H groups in total. The maximum absolute atomic E-state index is 5.11. The van der Waals surface area contributed by atoms with Crippen molar-refractivity contribution >= 4 is 21.8 Å². The highest BCUT2D eigenvalue weighted by Crippen LogP contribution is 2.37. The van der Waals surface area contributed by atoms with Gasteiger partial charge in [0, 0.05) is 22.5 Å². The van der Waals surface area contributed by atoms with Gasteiger partial charge in [0.25, 0.3) is 0 Å². The second-order valence-electron chi connectivity index (χ2n) is 10.3. The molecular formula is C38H28N2. The number of para-hydroxylation sites is 1. The van der Waals surface area contributed by atoms with E-state index in [0.717, 1.165) is 33.1 Å². The minimum Gasteiger partial charge on any atom is -0.255 e. The van der Waals surface area contributed by atoms with Gasteiger partial charge in [-0.15, -0.1) is 0 Å². The maximum atomic E-state index is 5.11. The minimum absolute atomic E-state index is 0.964. The second-order valence-corrected chi connectivity index (χ2v) is 10.3. The molecule has 5 aromatic carbocycles. The van der Waals surface area contributed by atoms with E-state index in [1.807, 2.05) is 24.4 Å². The van der Waals surface area contributed by atoms with E-state index in [0.29, 0.717) is 0 Å². The van der Waals surface area contributed by atoms with Crippen molar-refractivity contribution in [3.8, 4) is 44.6 Å². The quantitative estimate of drug-likeness (QED) is 0.219. The largest absolute Gasteiger partial charge is 0.255 e. The lowest BCUT2D eigenvalue weighted by Gasteiger charge is -2.17. The third-order valence-corrected chi connectivity index (χ3v) is 7.94. The highest BCUT2D eigenvalue weighted by Gasteiger charge is 2.14. The van der Waals surface area contributed by atoms with Crippen molar-refractivity contribution in [3.63, 3.8) is 0 Å². The smallest absolute Gasteiger partial charge is 0.0818 e.